The molecule has 0 saturated heterocycles. The van der Waals surface area contributed by atoms with Gasteiger partial charge < -0.3 is 0 Å². The standard InChI is InChI=1S/C10H10ClFN4/c1-5-6(2)15-16(7(5)3)9-8(12)4-13-10(11)14-9/h4H,1-3H3. The summed E-state index contributed by atoms with van der Waals surface area (Å²) in [5, 5.41) is 4.21. The average Bonchev–Trinajstić information content (AvgIpc) is 2.50. The largest absolute Gasteiger partial charge is 0.224 e. The van der Waals surface area contributed by atoms with Crippen molar-refractivity contribution in [1.82, 2.24) is 19.7 Å². The smallest absolute Gasteiger partial charge is 0.223 e. The molecule has 2 heterocycles. The summed E-state index contributed by atoms with van der Waals surface area (Å²) >= 11 is 5.64. The van der Waals surface area contributed by atoms with Crippen molar-refractivity contribution in [2.75, 3.05) is 0 Å². The van der Waals surface area contributed by atoms with Crippen LogP contribution >= 0.6 is 11.6 Å². The van der Waals surface area contributed by atoms with Crippen LogP contribution in [0.25, 0.3) is 5.82 Å². The summed E-state index contributed by atoms with van der Waals surface area (Å²) in [6.07, 6.45) is 1.04. The molecule has 0 amide bonds. The van der Waals surface area contributed by atoms with Crippen molar-refractivity contribution >= 4 is 11.6 Å². The number of halogens is 2. The van der Waals surface area contributed by atoms with Crippen LogP contribution in [0.2, 0.25) is 5.28 Å². The lowest BCUT2D eigenvalue weighted by atomic mass is 10.2. The van der Waals surface area contributed by atoms with Crippen LogP contribution in [0.4, 0.5) is 4.39 Å². The molecule has 0 unspecified atom stereocenters. The number of aromatic nitrogens is 4. The molecule has 2 aromatic heterocycles. The summed E-state index contributed by atoms with van der Waals surface area (Å²) in [4.78, 5) is 7.40. The third kappa shape index (κ3) is 1.67. The summed E-state index contributed by atoms with van der Waals surface area (Å²) in [6, 6.07) is 0. The summed E-state index contributed by atoms with van der Waals surface area (Å²) < 4.78 is 15.0. The van der Waals surface area contributed by atoms with E-state index in [-0.39, 0.29) is 11.1 Å². The van der Waals surface area contributed by atoms with Crippen molar-refractivity contribution in [1.29, 1.82) is 0 Å². The molecule has 0 atom stereocenters. The van der Waals surface area contributed by atoms with Crippen LogP contribution in [0.3, 0.4) is 0 Å². The highest BCUT2D eigenvalue weighted by Gasteiger charge is 2.14. The van der Waals surface area contributed by atoms with E-state index in [0.717, 1.165) is 23.1 Å². The maximum atomic E-state index is 13.5. The highest BCUT2D eigenvalue weighted by molar-refractivity contribution is 6.28. The molecule has 0 fully saturated rings. The number of rotatable bonds is 1. The molecular weight excluding hydrogens is 231 g/mol. The topological polar surface area (TPSA) is 43.6 Å². The number of hydrogen-bond acceptors (Lipinski definition) is 3. The molecule has 0 bridgehead atoms. The van der Waals surface area contributed by atoms with Crippen LogP contribution in [0, 0.1) is 26.6 Å². The monoisotopic (exact) mass is 240 g/mol. The second-order valence-corrected chi connectivity index (χ2v) is 3.86. The Morgan fingerprint density at radius 3 is 2.56 bits per heavy atom. The van der Waals surface area contributed by atoms with Gasteiger partial charge in [-0.3, -0.25) is 0 Å². The molecule has 2 aromatic rings. The van der Waals surface area contributed by atoms with Gasteiger partial charge in [-0.25, -0.2) is 14.1 Å². The molecular formula is C10H10ClFN4. The summed E-state index contributed by atoms with van der Waals surface area (Å²) in [6.45, 7) is 5.64. The van der Waals surface area contributed by atoms with Crippen LogP contribution in [0.1, 0.15) is 17.0 Å². The summed E-state index contributed by atoms with van der Waals surface area (Å²) in [5.74, 6) is -0.469. The first-order chi connectivity index (χ1) is 7.50. The predicted octanol–water partition coefficient (Wildman–Crippen LogP) is 2.38. The van der Waals surface area contributed by atoms with Crippen molar-refractivity contribution < 1.29 is 4.39 Å². The predicted molar refractivity (Wildman–Crippen MR) is 58.3 cm³/mol. The highest BCUT2D eigenvalue weighted by atomic mass is 35.5. The van der Waals surface area contributed by atoms with Gasteiger partial charge in [-0.15, -0.1) is 0 Å². The fraction of sp³-hybridized carbons (Fsp3) is 0.300. The van der Waals surface area contributed by atoms with E-state index in [0.29, 0.717) is 0 Å². The summed E-state index contributed by atoms with van der Waals surface area (Å²) in [5.41, 5.74) is 2.69. The third-order valence-corrected chi connectivity index (χ3v) is 2.73. The van der Waals surface area contributed by atoms with Gasteiger partial charge in [0.1, 0.15) is 0 Å². The molecule has 16 heavy (non-hydrogen) atoms. The Hall–Kier alpha value is -1.49. The number of hydrogen-bond donors (Lipinski definition) is 0. The van der Waals surface area contributed by atoms with Crippen LogP contribution in [0.5, 0.6) is 0 Å². The van der Waals surface area contributed by atoms with Gasteiger partial charge in [0.25, 0.3) is 0 Å². The van der Waals surface area contributed by atoms with E-state index in [4.69, 9.17) is 11.6 Å². The normalized spacial score (nSPS) is 10.8. The first kappa shape index (κ1) is 11.0. The molecule has 0 saturated carbocycles. The van der Waals surface area contributed by atoms with Crippen LogP contribution in [0.15, 0.2) is 6.20 Å². The lowest BCUT2D eigenvalue weighted by molar-refractivity contribution is 0.589. The lowest BCUT2D eigenvalue weighted by Gasteiger charge is -2.04. The van der Waals surface area contributed by atoms with Crippen molar-refractivity contribution in [3.05, 3.63) is 34.2 Å². The maximum Gasteiger partial charge on any atom is 0.224 e. The van der Waals surface area contributed by atoms with E-state index in [1.165, 1.54) is 4.68 Å². The zero-order chi connectivity index (χ0) is 11.9. The Balaban J connectivity index is 2.67. The molecule has 0 aliphatic carbocycles. The van der Waals surface area contributed by atoms with E-state index >= 15 is 0 Å². The molecule has 84 valence electrons. The van der Waals surface area contributed by atoms with E-state index in [1.807, 2.05) is 20.8 Å². The summed E-state index contributed by atoms with van der Waals surface area (Å²) in [7, 11) is 0. The second-order valence-electron chi connectivity index (χ2n) is 3.52. The van der Waals surface area contributed by atoms with E-state index in [2.05, 4.69) is 15.1 Å². The molecule has 6 heteroatoms. The Morgan fingerprint density at radius 2 is 2.00 bits per heavy atom. The Labute approximate surface area is 97.1 Å². The molecule has 0 N–H and O–H groups in total. The highest BCUT2D eigenvalue weighted by Crippen LogP contribution is 2.18. The van der Waals surface area contributed by atoms with Gasteiger partial charge in [-0.1, -0.05) is 0 Å². The van der Waals surface area contributed by atoms with Gasteiger partial charge >= 0.3 is 0 Å². The first-order valence-corrected chi connectivity index (χ1v) is 5.09. The fourth-order valence-corrected chi connectivity index (χ4v) is 1.54. The van der Waals surface area contributed by atoms with Crippen molar-refractivity contribution in [3.8, 4) is 5.82 Å². The molecule has 4 nitrogen and oxygen atoms in total. The van der Waals surface area contributed by atoms with Crippen LogP contribution < -0.4 is 0 Å². The Kier molecular flexibility index (Phi) is 2.63. The van der Waals surface area contributed by atoms with Crippen molar-refractivity contribution in [2.45, 2.75) is 20.8 Å². The van der Waals surface area contributed by atoms with E-state index < -0.39 is 5.82 Å². The van der Waals surface area contributed by atoms with Crippen LogP contribution in [-0.2, 0) is 0 Å². The minimum atomic E-state index is -0.546. The average molecular weight is 241 g/mol. The van der Waals surface area contributed by atoms with Gasteiger partial charge in [-0.05, 0) is 37.9 Å². The molecule has 0 aromatic carbocycles. The number of aryl methyl sites for hydroxylation is 1. The zero-order valence-electron chi connectivity index (χ0n) is 9.12. The molecule has 0 radical (unpaired) electrons. The maximum absolute atomic E-state index is 13.5. The minimum absolute atomic E-state index is 0.00149. The Morgan fingerprint density at radius 1 is 1.31 bits per heavy atom. The van der Waals surface area contributed by atoms with Crippen LogP contribution in [-0.4, -0.2) is 19.7 Å². The van der Waals surface area contributed by atoms with Crippen molar-refractivity contribution in [2.24, 2.45) is 0 Å². The van der Waals surface area contributed by atoms with E-state index in [9.17, 15) is 4.39 Å². The lowest BCUT2D eigenvalue weighted by Crippen LogP contribution is -2.06. The quantitative estimate of drug-likeness (QED) is 0.719. The third-order valence-electron chi connectivity index (χ3n) is 2.55. The van der Waals surface area contributed by atoms with Gasteiger partial charge in [0.05, 0.1) is 11.9 Å². The van der Waals surface area contributed by atoms with Gasteiger partial charge in [0.2, 0.25) is 5.28 Å². The van der Waals surface area contributed by atoms with Gasteiger partial charge in [0, 0.05) is 5.69 Å². The van der Waals surface area contributed by atoms with E-state index in [1.54, 1.807) is 0 Å². The SMILES string of the molecule is Cc1nn(-c2nc(Cl)ncc2F)c(C)c1C. The first-order valence-electron chi connectivity index (χ1n) is 4.72. The number of nitrogens with zero attached hydrogens (tertiary/aromatic N) is 4. The van der Waals surface area contributed by atoms with Gasteiger partial charge in [-0.2, -0.15) is 10.1 Å². The molecule has 2 rings (SSSR count). The Bertz CT molecular complexity index is 550. The molecule has 0 aliphatic heterocycles. The molecule has 0 spiro atoms. The zero-order valence-corrected chi connectivity index (χ0v) is 9.88. The fourth-order valence-electron chi connectivity index (χ4n) is 1.41. The van der Waals surface area contributed by atoms with Gasteiger partial charge in [0.15, 0.2) is 11.6 Å². The van der Waals surface area contributed by atoms with Crippen molar-refractivity contribution in [3.63, 3.8) is 0 Å². The molecule has 0 aliphatic rings. The second kappa shape index (κ2) is 3.83. The minimum Gasteiger partial charge on any atom is -0.223 e.